The number of alkyl halides is 3. The van der Waals surface area contributed by atoms with Gasteiger partial charge in [0, 0.05) is 12.6 Å². The van der Waals surface area contributed by atoms with E-state index in [2.05, 4.69) is 22.2 Å². The molecule has 0 radical (unpaired) electrons. The number of halogens is 4. The van der Waals surface area contributed by atoms with Gasteiger partial charge in [-0.05, 0) is 36.3 Å². The van der Waals surface area contributed by atoms with Crippen LogP contribution < -0.4 is 5.32 Å². The molecule has 0 unspecified atom stereocenters. The Labute approximate surface area is 114 Å². The van der Waals surface area contributed by atoms with Gasteiger partial charge in [-0.2, -0.15) is 13.2 Å². The summed E-state index contributed by atoms with van der Waals surface area (Å²) in [5.74, 6) is 0.134. The van der Waals surface area contributed by atoms with Crippen molar-refractivity contribution in [1.29, 1.82) is 0 Å². The van der Waals surface area contributed by atoms with Crippen molar-refractivity contribution >= 4 is 17.4 Å². The number of aromatic nitrogens is 2. The van der Waals surface area contributed by atoms with Gasteiger partial charge in [0.2, 0.25) is 5.28 Å². The van der Waals surface area contributed by atoms with E-state index in [1.165, 1.54) is 0 Å². The Morgan fingerprint density at radius 2 is 2.05 bits per heavy atom. The van der Waals surface area contributed by atoms with Crippen LogP contribution >= 0.6 is 11.6 Å². The summed E-state index contributed by atoms with van der Waals surface area (Å²) in [6, 6.07) is 0.897. The monoisotopic (exact) mass is 293 g/mol. The van der Waals surface area contributed by atoms with Crippen LogP contribution in [-0.4, -0.2) is 16.5 Å². The summed E-state index contributed by atoms with van der Waals surface area (Å²) in [6.45, 7) is 2.73. The normalized spacial score (nSPS) is 17.3. The third kappa shape index (κ3) is 3.72. The smallest absolute Gasteiger partial charge is 0.369 e. The van der Waals surface area contributed by atoms with Crippen molar-refractivity contribution in [2.24, 2.45) is 5.41 Å². The van der Waals surface area contributed by atoms with Crippen LogP contribution in [0.5, 0.6) is 0 Å². The molecular formula is C12H15ClF3N3. The van der Waals surface area contributed by atoms with Crippen LogP contribution in [0.15, 0.2) is 6.07 Å². The molecule has 1 aromatic rings. The summed E-state index contributed by atoms with van der Waals surface area (Å²) < 4.78 is 37.7. The molecule has 0 amide bonds. The molecule has 2 rings (SSSR count). The predicted molar refractivity (Wildman–Crippen MR) is 67.1 cm³/mol. The van der Waals surface area contributed by atoms with Crippen molar-refractivity contribution in [3.63, 3.8) is 0 Å². The van der Waals surface area contributed by atoms with Crippen molar-refractivity contribution in [1.82, 2.24) is 9.97 Å². The quantitative estimate of drug-likeness (QED) is 0.829. The number of rotatable bonds is 5. The Hall–Kier alpha value is -1.04. The highest BCUT2D eigenvalue weighted by Gasteiger charge is 2.41. The van der Waals surface area contributed by atoms with E-state index in [0.717, 1.165) is 31.7 Å². The summed E-state index contributed by atoms with van der Waals surface area (Å²) in [4.78, 5) is 6.97. The van der Waals surface area contributed by atoms with Crippen molar-refractivity contribution in [2.75, 3.05) is 11.9 Å². The molecule has 0 aromatic carbocycles. The lowest BCUT2D eigenvalue weighted by Crippen LogP contribution is -2.17. The molecule has 3 nitrogen and oxygen atoms in total. The van der Waals surface area contributed by atoms with E-state index < -0.39 is 17.2 Å². The van der Waals surface area contributed by atoms with Crippen LogP contribution in [-0.2, 0) is 6.18 Å². The average Bonchev–Trinajstić information content (AvgIpc) is 3.06. The van der Waals surface area contributed by atoms with Gasteiger partial charge in [-0.15, -0.1) is 0 Å². The zero-order valence-electron chi connectivity index (χ0n) is 10.5. The van der Waals surface area contributed by atoms with Crippen molar-refractivity contribution in [2.45, 2.75) is 38.8 Å². The fourth-order valence-corrected chi connectivity index (χ4v) is 2.34. The van der Waals surface area contributed by atoms with Gasteiger partial charge in [0.15, 0.2) is 5.69 Å². The fourth-order valence-electron chi connectivity index (χ4n) is 2.15. The minimum Gasteiger partial charge on any atom is -0.369 e. The Kier molecular flexibility index (Phi) is 3.90. The second kappa shape index (κ2) is 5.15. The molecule has 0 atom stereocenters. The highest BCUT2D eigenvalue weighted by molar-refractivity contribution is 6.28. The van der Waals surface area contributed by atoms with Gasteiger partial charge in [0.05, 0.1) is 0 Å². The minimum atomic E-state index is -4.51. The lowest BCUT2D eigenvalue weighted by molar-refractivity contribution is -0.141. The topological polar surface area (TPSA) is 37.8 Å². The first-order valence-corrected chi connectivity index (χ1v) is 6.58. The van der Waals surface area contributed by atoms with E-state index in [4.69, 9.17) is 11.6 Å². The zero-order chi connectivity index (χ0) is 14.1. The maximum atomic E-state index is 12.6. The van der Waals surface area contributed by atoms with Crippen molar-refractivity contribution in [3.05, 3.63) is 17.0 Å². The summed E-state index contributed by atoms with van der Waals surface area (Å²) in [7, 11) is 0. The maximum Gasteiger partial charge on any atom is 0.433 e. The molecule has 0 bridgehead atoms. The molecule has 1 saturated carbocycles. The summed E-state index contributed by atoms with van der Waals surface area (Å²) in [5.41, 5.74) is -0.791. The van der Waals surface area contributed by atoms with Crippen LogP contribution in [0.4, 0.5) is 19.0 Å². The summed E-state index contributed by atoms with van der Waals surface area (Å²) in [6.07, 6.45) is -0.147. The van der Waals surface area contributed by atoms with Gasteiger partial charge in [0.25, 0.3) is 0 Å². The molecule has 0 spiro atoms. The van der Waals surface area contributed by atoms with E-state index in [-0.39, 0.29) is 11.2 Å². The first-order valence-electron chi connectivity index (χ1n) is 6.20. The minimum absolute atomic E-state index is 0.134. The Morgan fingerprint density at radius 1 is 1.37 bits per heavy atom. The molecule has 7 heteroatoms. The number of anilines is 1. The average molecular weight is 294 g/mol. The van der Waals surface area contributed by atoms with Gasteiger partial charge >= 0.3 is 6.18 Å². The molecule has 1 aliphatic rings. The van der Waals surface area contributed by atoms with Gasteiger partial charge in [-0.25, -0.2) is 9.97 Å². The Bertz CT molecular complexity index is 458. The SMILES string of the molecule is CCCC1(CNc2cc(C(F)(F)F)nc(Cl)n2)CC1. The van der Waals surface area contributed by atoms with Crippen LogP contribution in [0.25, 0.3) is 0 Å². The molecule has 19 heavy (non-hydrogen) atoms. The third-order valence-corrected chi connectivity index (χ3v) is 3.54. The molecule has 1 fully saturated rings. The van der Waals surface area contributed by atoms with E-state index in [0.29, 0.717) is 6.54 Å². The number of hydrogen-bond donors (Lipinski definition) is 1. The molecule has 1 N–H and O–H groups in total. The van der Waals surface area contributed by atoms with Crippen LogP contribution in [0.3, 0.4) is 0 Å². The fraction of sp³-hybridized carbons (Fsp3) is 0.667. The van der Waals surface area contributed by atoms with Gasteiger partial charge in [-0.1, -0.05) is 13.3 Å². The first-order chi connectivity index (χ1) is 8.85. The summed E-state index contributed by atoms with van der Waals surface area (Å²) in [5, 5.41) is 2.56. The van der Waals surface area contributed by atoms with E-state index in [9.17, 15) is 13.2 Å². The predicted octanol–water partition coefficient (Wildman–Crippen LogP) is 4.14. The standard InChI is InChI=1S/C12H15ClF3N3/c1-2-3-11(4-5-11)7-17-9-6-8(12(14,15)16)18-10(13)19-9/h6H,2-5,7H2,1H3,(H,17,18,19). The van der Waals surface area contributed by atoms with E-state index in [1.54, 1.807) is 0 Å². The second-order valence-electron chi connectivity index (χ2n) is 5.01. The number of nitrogens with zero attached hydrogens (tertiary/aromatic N) is 2. The third-order valence-electron chi connectivity index (χ3n) is 3.37. The van der Waals surface area contributed by atoms with E-state index >= 15 is 0 Å². The maximum absolute atomic E-state index is 12.6. The number of nitrogens with one attached hydrogen (secondary N) is 1. The lowest BCUT2D eigenvalue weighted by Gasteiger charge is -2.16. The van der Waals surface area contributed by atoms with Crippen LogP contribution in [0, 0.1) is 5.41 Å². The molecule has 0 saturated heterocycles. The Balaban J connectivity index is 2.06. The summed E-state index contributed by atoms with van der Waals surface area (Å²) >= 11 is 5.52. The van der Waals surface area contributed by atoms with Gasteiger partial charge in [0.1, 0.15) is 5.82 Å². The van der Waals surface area contributed by atoms with E-state index in [1.807, 2.05) is 0 Å². The van der Waals surface area contributed by atoms with Crippen LogP contribution in [0.2, 0.25) is 5.28 Å². The molecule has 1 heterocycles. The van der Waals surface area contributed by atoms with Crippen molar-refractivity contribution < 1.29 is 13.2 Å². The molecule has 0 aliphatic heterocycles. The van der Waals surface area contributed by atoms with Gasteiger partial charge in [-0.3, -0.25) is 0 Å². The number of hydrogen-bond acceptors (Lipinski definition) is 3. The van der Waals surface area contributed by atoms with Gasteiger partial charge < -0.3 is 5.32 Å². The molecule has 1 aromatic heterocycles. The Morgan fingerprint density at radius 3 is 2.58 bits per heavy atom. The molecule has 106 valence electrons. The first kappa shape index (κ1) is 14.4. The second-order valence-corrected chi connectivity index (χ2v) is 5.35. The molecular weight excluding hydrogens is 279 g/mol. The van der Waals surface area contributed by atoms with Crippen LogP contribution in [0.1, 0.15) is 38.3 Å². The lowest BCUT2D eigenvalue weighted by atomic mass is 10.0. The largest absolute Gasteiger partial charge is 0.433 e. The highest BCUT2D eigenvalue weighted by Crippen LogP contribution is 2.49. The zero-order valence-corrected chi connectivity index (χ0v) is 11.3. The molecule has 1 aliphatic carbocycles. The highest BCUT2D eigenvalue weighted by atomic mass is 35.5. The van der Waals surface area contributed by atoms with Crippen molar-refractivity contribution in [3.8, 4) is 0 Å².